The van der Waals surface area contributed by atoms with Crippen molar-refractivity contribution in [3.63, 3.8) is 0 Å². The first-order chi connectivity index (χ1) is 15.1. The fourth-order valence-electron chi connectivity index (χ4n) is 3.58. The lowest BCUT2D eigenvalue weighted by Gasteiger charge is -2.37. The summed E-state index contributed by atoms with van der Waals surface area (Å²) in [5.74, 6) is -0.790. The second-order valence-corrected chi connectivity index (χ2v) is 8.29. The van der Waals surface area contributed by atoms with E-state index in [1.165, 1.54) is 11.8 Å². The van der Waals surface area contributed by atoms with Gasteiger partial charge in [0.25, 0.3) is 0 Å². The maximum absolute atomic E-state index is 14.6. The summed E-state index contributed by atoms with van der Waals surface area (Å²) in [5.41, 5.74) is 7.13. The lowest BCUT2D eigenvalue weighted by Crippen LogP contribution is -2.39. The zero-order chi connectivity index (χ0) is 21.8. The Morgan fingerprint density at radius 3 is 2.65 bits per heavy atom. The number of benzene rings is 2. The first-order valence-corrected chi connectivity index (χ1v) is 10.6. The molecular weight excluding hydrogens is 418 g/mol. The molecule has 1 aromatic heterocycles. The number of anilines is 1. The predicted octanol–water partition coefficient (Wildman–Crippen LogP) is 4.68. The summed E-state index contributed by atoms with van der Waals surface area (Å²) >= 11 is 1.31. The predicted molar refractivity (Wildman–Crippen MR) is 119 cm³/mol. The normalized spacial score (nSPS) is 18.2. The van der Waals surface area contributed by atoms with Gasteiger partial charge in [-0.05, 0) is 55.3 Å². The number of rotatable bonds is 7. The van der Waals surface area contributed by atoms with E-state index in [1.807, 2.05) is 30.3 Å². The number of nitrogens with two attached hydrogens (primary N) is 1. The molecule has 0 aliphatic carbocycles. The third-order valence-corrected chi connectivity index (χ3v) is 6.49. The van der Waals surface area contributed by atoms with Gasteiger partial charge in [0.1, 0.15) is 21.5 Å². The van der Waals surface area contributed by atoms with Crippen LogP contribution in [0, 0.1) is 11.6 Å². The van der Waals surface area contributed by atoms with E-state index in [2.05, 4.69) is 10.1 Å². The van der Waals surface area contributed by atoms with E-state index in [0.717, 1.165) is 23.8 Å². The van der Waals surface area contributed by atoms with Gasteiger partial charge in [-0.3, -0.25) is 4.79 Å². The summed E-state index contributed by atoms with van der Waals surface area (Å²) in [6, 6.07) is 16.2. The Balaban J connectivity index is 1.94. The highest BCUT2D eigenvalue weighted by Crippen LogP contribution is 2.52. The molecule has 8 heteroatoms. The van der Waals surface area contributed by atoms with Crippen LogP contribution in [0.15, 0.2) is 72.0 Å². The number of thioether (sulfide) groups is 1. The number of carbonyl (C=O) groups is 1. The molecule has 2 N–H and O–H groups in total. The van der Waals surface area contributed by atoms with Crippen LogP contribution in [0.2, 0.25) is 0 Å². The molecule has 4 rings (SSSR count). The molecule has 0 saturated heterocycles. The third kappa shape index (κ3) is 3.96. The Kier molecular flexibility index (Phi) is 6.11. The molecule has 3 aromatic rings. The van der Waals surface area contributed by atoms with Crippen molar-refractivity contribution in [1.82, 2.24) is 4.98 Å². The molecule has 1 atom stereocenters. The van der Waals surface area contributed by atoms with Crippen molar-refractivity contribution in [2.24, 2.45) is 10.8 Å². The van der Waals surface area contributed by atoms with Crippen LogP contribution < -0.4 is 10.7 Å². The Hall–Kier alpha value is -3.10. The average Bonchev–Trinajstić information content (AvgIpc) is 3.20. The van der Waals surface area contributed by atoms with E-state index in [9.17, 15) is 13.6 Å². The summed E-state index contributed by atoms with van der Waals surface area (Å²) in [7, 11) is 0. The zero-order valence-corrected chi connectivity index (χ0v) is 17.4. The van der Waals surface area contributed by atoms with Crippen LogP contribution in [-0.4, -0.2) is 22.9 Å². The van der Waals surface area contributed by atoms with E-state index in [1.54, 1.807) is 23.3 Å². The molecule has 0 radical (unpaired) electrons. The number of pyridine rings is 1. The van der Waals surface area contributed by atoms with Crippen molar-refractivity contribution in [2.75, 3.05) is 11.6 Å². The van der Waals surface area contributed by atoms with Gasteiger partial charge in [0.2, 0.25) is 0 Å². The van der Waals surface area contributed by atoms with Crippen LogP contribution in [0.25, 0.3) is 0 Å². The lowest BCUT2D eigenvalue weighted by atomic mass is 10.00. The molecule has 1 unspecified atom stereocenters. The summed E-state index contributed by atoms with van der Waals surface area (Å²) in [6.07, 6.45) is 3.48. The van der Waals surface area contributed by atoms with Gasteiger partial charge in [-0.15, -0.1) is 0 Å². The van der Waals surface area contributed by atoms with E-state index in [4.69, 9.17) is 5.73 Å². The van der Waals surface area contributed by atoms with Crippen LogP contribution in [0.5, 0.6) is 0 Å². The van der Waals surface area contributed by atoms with E-state index in [0.29, 0.717) is 42.1 Å². The summed E-state index contributed by atoms with van der Waals surface area (Å²) in [4.78, 5) is 15.3. The first-order valence-electron chi connectivity index (χ1n) is 9.78. The summed E-state index contributed by atoms with van der Waals surface area (Å²) in [5, 5.41) is 6.62. The highest BCUT2D eigenvalue weighted by molar-refractivity contribution is 8.15. The molecule has 1 aliphatic rings. The van der Waals surface area contributed by atoms with Crippen LogP contribution >= 0.6 is 11.8 Å². The van der Waals surface area contributed by atoms with Gasteiger partial charge in [0, 0.05) is 11.8 Å². The van der Waals surface area contributed by atoms with E-state index >= 15 is 0 Å². The van der Waals surface area contributed by atoms with Crippen molar-refractivity contribution >= 4 is 28.9 Å². The van der Waals surface area contributed by atoms with Crippen LogP contribution in [0.3, 0.4) is 0 Å². The number of hydrogen-bond acceptors (Lipinski definition) is 6. The molecule has 0 saturated carbocycles. The van der Waals surface area contributed by atoms with Crippen LogP contribution in [0.4, 0.5) is 14.6 Å². The molecular formula is C23H20F2N4OS. The Labute approximate surface area is 183 Å². The Morgan fingerprint density at radius 2 is 1.90 bits per heavy atom. The second kappa shape index (κ2) is 8.95. The van der Waals surface area contributed by atoms with Gasteiger partial charge in [-0.2, -0.15) is 5.10 Å². The zero-order valence-electron chi connectivity index (χ0n) is 16.5. The number of aromatic nitrogens is 1. The lowest BCUT2D eigenvalue weighted by molar-refractivity contribution is 0.112. The fourth-order valence-corrected chi connectivity index (χ4v) is 5.01. The number of nitrogens with zero attached hydrogens (tertiary/aromatic N) is 3. The first kappa shape index (κ1) is 21.1. The highest BCUT2D eigenvalue weighted by Gasteiger charge is 2.47. The number of hydrogen-bond donors (Lipinski definition) is 1. The molecule has 5 nitrogen and oxygen atoms in total. The van der Waals surface area contributed by atoms with Crippen LogP contribution in [-0.2, 0) is 4.87 Å². The molecule has 2 aromatic carbocycles. The standard InChI is InChI=1S/C23H20F2N4OS/c24-18-9-10-20(25)19(14-18)22-28-29(21-16(15-30)6-4-13-27-21)23(31-22,11-5-12-26)17-7-2-1-3-8-17/h1-4,6-10,13-15H,5,11-12,26H2. The maximum atomic E-state index is 14.6. The Morgan fingerprint density at radius 1 is 1.10 bits per heavy atom. The molecule has 0 fully saturated rings. The fraction of sp³-hybridized carbons (Fsp3) is 0.174. The maximum Gasteiger partial charge on any atom is 0.161 e. The molecule has 0 bridgehead atoms. The third-order valence-electron chi connectivity index (χ3n) is 5.05. The average molecular weight is 439 g/mol. The molecule has 158 valence electrons. The second-order valence-electron chi connectivity index (χ2n) is 7.02. The SMILES string of the molecule is NCCCC1(c2ccccc2)SC(c2cc(F)ccc2F)=NN1c1ncccc1C=O. The minimum absolute atomic E-state index is 0.0594. The minimum Gasteiger partial charge on any atom is -0.330 e. The minimum atomic E-state index is -0.833. The number of halogens is 2. The van der Waals surface area contributed by atoms with E-state index < -0.39 is 16.5 Å². The van der Waals surface area contributed by atoms with Gasteiger partial charge < -0.3 is 5.73 Å². The monoisotopic (exact) mass is 438 g/mol. The van der Waals surface area contributed by atoms with Gasteiger partial charge in [0.05, 0.1) is 5.56 Å². The van der Waals surface area contributed by atoms with Crippen molar-refractivity contribution in [2.45, 2.75) is 17.7 Å². The smallest absolute Gasteiger partial charge is 0.161 e. The molecule has 2 heterocycles. The van der Waals surface area contributed by atoms with Gasteiger partial charge in [0.15, 0.2) is 12.1 Å². The van der Waals surface area contributed by atoms with Gasteiger partial charge in [-0.25, -0.2) is 18.8 Å². The summed E-state index contributed by atoms with van der Waals surface area (Å²) in [6.45, 7) is 0.440. The van der Waals surface area contributed by atoms with Crippen LogP contribution in [0.1, 0.15) is 34.3 Å². The van der Waals surface area contributed by atoms with Crippen molar-refractivity contribution in [3.8, 4) is 0 Å². The number of hydrazone groups is 1. The topological polar surface area (TPSA) is 71.6 Å². The van der Waals surface area contributed by atoms with Gasteiger partial charge in [-0.1, -0.05) is 42.1 Å². The Bertz CT molecular complexity index is 1130. The van der Waals surface area contributed by atoms with Crippen molar-refractivity contribution < 1.29 is 13.6 Å². The summed E-state index contributed by atoms with van der Waals surface area (Å²) < 4.78 is 28.6. The van der Waals surface area contributed by atoms with Crippen molar-refractivity contribution in [3.05, 3.63) is 95.2 Å². The molecule has 0 amide bonds. The van der Waals surface area contributed by atoms with Crippen molar-refractivity contribution in [1.29, 1.82) is 0 Å². The molecule has 0 spiro atoms. The highest BCUT2D eigenvalue weighted by atomic mass is 32.2. The van der Waals surface area contributed by atoms with Gasteiger partial charge >= 0.3 is 0 Å². The number of carbonyl (C=O) groups excluding carboxylic acids is 1. The molecule has 1 aliphatic heterocycles. The largest absolute Gasteiger partial charge is 0.330 e. The quantitative estimate of drug-likeness (QED) is 0.543. The van der Waals surface area contributed by atoms with E-state index in [-0.39, 0.29) is 5.56 Å². The number of aldehydes is 1. The molecule has 31 heavy (non-hydrogen) atoms.